The van der Waals surface area contributed by atoms with E-state index < -0.39 is 0 Å². The smallest absolute Gasteiger partial charge is 0.262 e. The maximum Gasteiger partial charge on any atom is 0.262 e. The normalized spacial score (nSPS) is 32.3. The minimum atomic E-state index is -0.278. The number of thiophene rings is 1. The van der Waals surface area contributed by atoms with Crippen LogP contribution in [0.1, 0.15) is 53.8 Å². The summed E-state index contributed by atoms with van der Waals surface area (Å²) in [5, 5.41) is 3.95. The topological polar surface area (TPSA) is 38.3 Å². The summed E-state index contributed by atoms with van der Waals surface area (Å²) in [5.74, 6) is 2.01. The number of methoxy groups -OCH3 is 1. The molecule has 0 spiro atoms. The van der Waals surface area contributed by atoms with Gasteiger partial charge in [0.05, 0.1) is 11.5 Å². The minimum Gasteiger partial charge on any atom is -0.380 e. The van der Waals surface area contributed by atoms with Crippen molar-refractivity contribution in [2.75, 3.05) is 7.11 Å². The van der Waals surface area contributed by atoms with Crippen LogP contribution in [0.3, 0.4) is 0 Å². The van der Waals surface area contributed by atoms with Gasteiger partial charge in [0.1, 0.15) is 5.82 Å². The Kier molecular flexibility index (Phi) is 3.87. The highest BCUT2D eigenvalue weighted by atomic mass is 32.1. The number of rotatable bonds is 4. The lowest BCUT2D eigenvalue weighted by molar-refractivity contribution is -0.0166. The molecule has 2 aromatic rings. The van der Waals surface area contributed by atoms with Gasteiger partial charge >= 0.3 is 0 Å². The summed E-state index contributed by atoms with van der Waals surface area (Å²) in [4.78, 5) is 13.8. The van der Waals surface area contributed by atoms with E-state index in [4.69, 9.17) is 4.74 Å². The molecule has 26 heavy (non-hydrogen) atoms. The Morgan fingerprint density at radius 1 is 1.23 bits per heavy atom. The monoisotopic (exact) mass is 373 g/mol. The summed E-state index contributed by atoms with van der Waals surface area (Å²) in [6.45, 7) is 0.255. The van der Waals surface area contributed by atoms with Gasteiger partial charge in [0, 0.05) is 28.3 Å². The molecule has 0 aliphatic heterocycles. The van der Waals surface area contributed by atoms with E-state index in [1.54, 1.807) is 13.2 Å². The third-order valence-corrected chi connectivity index (χ3v) is 7.87. The first-order valence-electron chi connectivity index (χ1n) is 9.58. The zero-order valence-corrected chi connectivity index (χ0v) is 15.8. The van der Waals surface area contributed by atoms with Crippen LogP contribution >= 0.6 is 11.3 Å². The number of hydrogen-bond acceptors (Lipinski definition) is 3. The van der Waals surface area contributed by atoms with Crippen molar-refractivity contribution in [1.29, 1.82) is 0 Å². The van der Waals surface area contributed by atoms with Crippen molar-refractivity contribution in [1.82, 2.24) is 5.32 Å². The first-order valence-corrected chi connectivity index (χ1v) is 10.4. The van der Waals surface area contributed by atoms with Gasteiger partial charge in [0.25, 0.3) is 5.91 Å². The lowest BCUT2D eigenvalue weighted by atomic mass is 9.53. The van der Waals surface area contributed by atoms with Crippen molar-refractivity contribution in [2.24, 2.45) is 17.8 Å². The number of carbonyl (C=O) groups excluding carboxylic acids is 1. The van der Waals surface area contributed by atoms with Gasteiger partial charge < -0.3 is 10.1 Å². The maximum atomic E-state index is 14.4. The fraction of sp³-hybridized carbons (Fsp3) is 0.571. The molecule has 4 saturated carbocycles. The average Bonchev–Trinajstić information content (AvgIpc) is 2.94. The average molecular weight is 373 g/mol. The van der Waals surface area contributed by atoms with Gasteiger partial charge in [-0.25, -0.2) is 4.39 Å². The molecule has 0 radical (unpaired) electrons. The third-order valence-electron chi connectivity index (χ3n) is 6.68. The molecule has 1 heterocycles. The number of hydrogen-bond donors (Lipinski definition) is 1. The largest absolute Gasteiger partial charge is 0.380 e. The summed E-state index contributed by atoms with van der Waals surface area (Å²) in [6.07, 6.45) is 7.38. The number of halogens is 1. The van der Waals surface area contributed by atoms with Gasteiger partial charge in [-0.05, 0) is 68.4 Å². The fourth-order valence-corrected chi connectivity index (χ4v) is 7.31. The van der Waals surface area contributed by atoms with Crippen molar-refractivity contribution in [3.8, 4) is 0 Å². The molecule has 1 amide bonds. The third kappa shape index (κ3) is 2.59. The highest BCUT2D eigenvalue weighted by molar-refractivity contribution is 7.21. The van der Waals surface area contributed by atoms with E-state index in [-0.39, 0.29) is 23.9 Å². The van der Waals surface area contributed by atoms with Gasteiger partial charge in [-0.1, -0.05) is 6.07 Å². The van der Waals surface area contributed by atoms with E-state index in [1.807, 2.05) is 6.07 Å². The summed E-state index contributed by atoms with van der Waals surface area (Å²) >= 11 is 1.38. The molecule has 3 nitrogen and oxygen atoms in total. The molecule has 4 aliphatic rings. The van der Waals surface area contributed by atoms with Crippen LogP contribution < -0.4 is 5.32 Å². The van der Waals surface area contributed by atoms with E-state index in [2.05, 4.69) is 5.32 Å². The molecule has 4 aliphatic carbocycles. The molecule has 4 bridgehead atoms. The second-order valence-corrected chi connectivity index (χ2v) is 9.66. The molecule has 6 rings (SSSR count). The molecule has 1 aromatic carbocycles. The van der Waals surface area contributed by atoms with Gasteiger partial charge in [-0.2, -0.15) is 0 Å². The number of amides is 1. The highest BCUT2D eigenvalue weighted by Crippen LogP contribution is 2.55. The van der Waals surface area contributed by atoms with Crippen LogP contribution in [-0.4, -0.2) is 18.6 Å². The fourth-order valence-electron chi connectivity index (χ4n) is 6.19. The number of benzene rings is 1. The Morgan fingerprint density at radius 3 is 2.50 bits per heavy atom. The molecule has 1 N–H and O–H groups in total. The van der Waals surface area contributed by atoms with Gasteiger partial charge in [-0.15, -0.1) is 11.3 Å². The van der Waals surface area contributed by atoms with Crippen LogP contribution in [0.15, 0.2) is 18.2 Å². The molecule has 0 saturated heterocycles. The summed E-state index contributed by atoms with van der Waals surface area (Å²) in [5.41, 5.74) is 0.651. The Balaban J connectivity index is 1.49. The van der Waals surface area contributed by atoms with Crippen LogP contribution in [0.25, 0.3) is 10.1 Å². The predicted octanol–water partition coefficient (Wildman–Crippen LogP) is 4.89. The molecule has 0 atom stereocenters. The zero-order chi connectivity index (χ0) is 17.9. The predicted molar refractivity (Wildman–Crippen MR) is 101 cm³/mol. The molecule has 0 unspecified atom stereocenters. The van der Waals surface area contributed by atoms with Crippen molar-refractivity contribution < 1.29 is 13.9 Å². The first kappa shape index (κ1) is 16.7. The minimum absolute atomic E-state index is 0.0368. The Bertz CT molecular complexity index is 839. The van der Waals surface area contributed by atoms with Crippen molar-refractivity contribution >= 4 is 27.3 Å². The Morgan fingerprint density at radius 2 is 1.88 bits per heavy atom. The van der Waals surface area contributed by atoms with E-state index in [9.17, 15) is 9.18 Å². The first-order chi connectivity index (χ1) is 12.6. The summed E-state index contributed by atoms with van der Waals surface area (Å²) in [7, 11) is 1.59. The molecule has 1 aromatic heterocycles. The van der Waals surface area contributed by atoms with Crippen LogP contribution in [0.2, 0.25) is 0 Å². The van der Waals surface area contributed by atoms with Crippen LogP contribution in [-0.2, 0) is 11.3 Å². The zero-order valence-electron chi connectivity index (χ0n) is 15.0. The lowest BCUT2D eigenvalue weighted by Gasteiger charge is -2.56. The van der Waals surface area contributed by atoms with Gasteiger partial charge in [0.2, 0.25) is 0 Å². The quantitative estimate of drug-likeness (QED) is 0.829. The number of fused-ring (bicyclic) bond motifs is 1. The number of carbonyl (C=O) groups is 1. The molecule has 5 heteroatoms. The van der Waals surface area contributed by atoms with Crippen LogP contribution in [0.5, 0.6) is 0 Å². The Labute approximate surface area is 156 Å². The highest BCUT2D eigenvalue weighted by Gasteiger charge is 2.51. The van der Waals surface area contributed by atoms with Crippen molar-refractivity contribution in [3.63, 3.8) is 0 Å². The molecular weight excluding hydrogens is 349 g/mol. The lowest BCUT2D eigenvalue weighted by Crippen LogP contribution is -2.59. The van der Waals surface area contributed by atoms with Crippen LogP contribution in [0, 0.1) is 23.6 Å². The second kappa shape index (κ2) is 6.03. The van der Waals surface area contributed by atoms with Crippen molar-refractivity contribution in [3.05, 3.63) is 34.5 Å². The van der Waals surface area contributed by atoms with Crippen LogP contribution in [0.4, 0.5) is 4.39 Å². The number of nitrogens with one attached hydrogen (secondary N) is 1. The summed E-state index contributed by atoms with van der Waals surface area (Å²) < 4.78 is 20.5. The standard InChI is InChI=1S/C21H24FNO2S/c1-25-11-15-18-16(22)3-2-4-17(18)26-19(15)20(24)23-21-8-12-5-13(9-21)7-14(6-12)10-21/h2-4,12-14H,5-11H2,1H3,(H,23,24). The maximum absolute atomic E-state index is 14.4. The van der Waals surface area contributed by atoms with Gasteiger partial charge in [-0.3, -0.25) is 4.79 Å². The second-order valence-electron chi connectivity index (χ2n) is 8.61. The van der Waals surface area contributed by atoms with E-state index in [1.165, 1.54) is 36.7 Å². The molecule has 4 fully saturated rings. The molecular formula is C21H24FNO2S. The summed E-state index contributed by atoms with van der Waals surface area (Å²) in [6, 6.07) is 5.03. The van der Waals surface area contributed by atoms with Gasteiger partial charge in [0.15, 0.2) is 0 Å². The van der Waals surface area contributed by atoms with E-state index in [0.29, 0.717) is 15.8 Å². The van der Waals surface area contributed by atoms with E-state index >= 15 is 0 Å². The molecule has 138 valence electrons. The Hall–Kier alpha value is -1.46. The SMILES string of the molecule is COCc1c(C(=O)NC23CC4CC(CC(C4)C2)C3)sc2cccc(F)c12. The van der Waals surface area contributed by atoms with Crippen molar-refractivity contribution in [2.45, 2.75) is 50.7 Å². The van der Waals surface area contributed by atoms with E-state index in [0.717, 1.165) is 41.7 Å². The number of ether oxygens (including phenoxy) is 1.